The van der Waals surface area contributed by atoms with Crippen molar-refractivity contribution in [2.45, 2.75) is 13.8 Å². The van der Waals surface area contributed by atoms with Gasteiger partial charge in [0.25, 0.3) is 0 Å². The van der Waals surface area contributed by atoms with Crippen molar-refractivity contribution in [3.8, 4) is 0 Å². The number of hydrogen-bond donors (Lipinski definition) is 0. The number of thioether (sulfide) groups is 1. The Morgan fingerprint density at radius 2 is 2.40 bits per heavy atom. The predicted octanol–water partition coefficient (Wildman–Crippen LogP) is 2.82. The third-order valence-corrected chi connectivity index (χ3v) is 2.51. The highest BCUT2D eigenvalue weighted by atomic mass is 32.2. The standard InChI is InChI=1S/C11H12FNOS/c1-8-6-10(12)7-13-11(8)4-3-5-15-9(2)14/h3-4,6-7H,5H2,1-2H3. The van der Waals surface area contributed by atoms with Crippen molar-refractivity contribution < 1.29 is 9.18 Å². The lowest BCUT2D eigenvalue weighted by molar-refractivity contribution is -0.109. The first-order chi connectivity index (χ1) is 7.09. The summed E-state index contributed by atoms with van der Waals surface area (Å²) in [6, 6.07) is 1.44. The van der Waals surface area contributed by atoms with Gasteiger partial charge in [-0.3, -0.25) is 9.78 Å². The van der Waals surface area contributed by atoms with Crippen LogP contribution in [-0.4, -0.2) is 15.9 Å². The molecule has 0 aliphatic carbocycles. The Hall–Kier alpha value is -1.16. The summed E-state index contributed by atoms with van der Waals surface area (Å²) in [5, 5.41) is 0.0865. The van der Waals surface area contributed by atoms with Crippen LogP contribution in [0.25, 0.3) is 6.08 Å². The molecule has 0 saturated carbocycles. The molecule has 0 atom stereocenters. The molecular formula is C11H12FNOS. The lowest BCUT2D eigenvalue weighted by atomic mass is 10.2. The number of aryl methyl sites for hydroxylation is 1. The van der Waals surface area contributed by atoms with Gasteiger partial charge in [-0.15, -0.1) is 0 Å². The second-order valence-corrected chi connectivity index (χ2v) is 4.26. The first kappa shape index (κ1) is 11.9. The zero-order chi connectivity index (χ0) is 11.3. The summed E-state index contributed by atoms with van der Waals surface area (Å²) < 4.78 is 12.7. The lowest BCUT2D eigenvalue weighted by Crippen LogP contribution is -1.88. The maximum absolute atomic E-state index is 12.7. The first-order valence-corrected chi connectivity index (χ1v) is 5.50. The molecule has 4 heteroatoms. The van der Waals surface area contributed by atoms with E-state index in [4.69, 9.17) is 0 Å². The van der Waals surface area contributed by atoms with Gasteiger partial charge >= 0.3 is 0 Å². The molecule has 0 radical (unpaired) electrons. The smallest absolute Gasteiger partial charge is 0.186 e. The second-order valence-electron chi connectivity index (χ2n) is 3.06. The molecule has 0 aliphatic rings. The number of nitrogens with zero attached hydrogens (tertiary/aromatic N) is 1. The molecular weight excluding hydrogens is 213 g/mol. The van der Waals surface area contributed by atoms with Gasteiger partial charge in [-0.05, 0) is 24.6 Å². The summed E-state index contributed by atoms with van der Waals surface area (Å²) in [5.74, 6) is 0.288. The van der Waals surface area contributed by atoms with E-state index < -0.39 is 0 Å². The minimum Gasteiger partial charge on any atom is -0.288 e. The molecule has 0 aromatic carbocycles. The van der Waals surface area contributed by atoms with E-state index in [1.54, 1.807) is 13.0 Å². The van der Waals surface area contributed by atoms with Crippen LogP contribution >= 0.6 is 11.8 Å². The minimum atomic E-state index is -0.331. The molecule has 0 fully saturated rings. The van der Waals surface area contributed by atoms with Gasteiger partial charge in [0, 0.05) is 12.7 Å². The Kier molecular flexibility index (Phi) is 4.49. The van der Waals surface area contributed by atoms with Crippen LogP contribution < -0.4 is 0 Å². The van der Waals surface area contributed by atoms with Gasteiger partial charge in [0.05, 0.1) is 11.9 Å². The molecule has 80 valence electrons. The average molecular weight is 225 g/mol. The Morgan fingerprint density at radius 3 is 3.00 bits per heavy atom. The van der Waals surface area contributed by atoms with Crippen LogP contribution in [0.1, 0.15) is 18.2 Å². The van der Waals surface area contributed by atoms with Crippen LogP contribution in [-0.2, 0) is 4.79 Å². The number of pyridine rings is 1. The Morgan fingerprint density at radius 1 is 1.67 bits per heavy atom. The van der Waals surface area contributed by atoms with Gasteiger partial charge in [-0.25, -0.2) is 4.39 Å². The summed E-state index contributed by atoms with van der Waals surface area (Å²) in [7, 11) is 0. The van der Waals surface area contributed by atoms with E-state index in [0.717, 1.165) is 11.3 Å². The van der Waals surface area contributed by atoms with Crippen LogP contribution in [0.5, 0.6) is 0 Å². The molecule has 0 N–H and O–H groups in total. The molecule has 0 aliphatic heterocycles. The highest BCUT2D eigenvalue weighted by Gasteiger charge is 1.97. The second kappa shape index (κ2) is 5.66. The summed E-state index contributed by atoms with van der Waals surface area (Å²) in [6.07, 6.45) is 4.83. The fourth-order valence-electron chi connectivity index (χ4n) is 1.05. The summed E-state index contributed by atoms with van der Waals surface area (Å²) >= 11 is 1.23. The van der Waals surface area contributed by atoms with E-state index >= 15 is 0 Å². The highest BCUT2D eigenvalue weighted by Crippen LogP contribution is 2.09. The molecule has 1 aromatic rings. The van der Waals surface area contributed by atoms with Crippen LogP contribution in [0.2, 0.25) is 0 Å². The number of halogens is 1. The topological polar surface area (TPSA) is 30.0 Å². The van der Waals surface area contributed by atoms with Gasteiger partial charge in [0.2, 0.25) is 0 Å². The van der Waals surface area contributed by atoms with Crippen LogP contribution in [0.3, 0.4) is 0 Å². The van der Waals surface area contributed by atoms with Crippen molar-refractivity contribution in [3.63, 3.8) is 0 Å². The van der Waals surface area contributed by atoms with E-state index in [1.807, 2.05) is 6.08 Å². The molecule has 0 spiro atoms. The van der Waals surface area contributed by atoms with E-state index in [2.05, 4.69) is 4.98 Å². The maximum Gasteiger partial charge on any atom is 0.186 e. The number of carbonyl (C=O) groups is 1. The van der Waals surface area contributed by atoms with Crippen molar-refractivity contribution in [1.29, 1.82) is 0 Å². The van der Waals surface area contributed by atoms with Crippen LogP contribution in [0, 0.1) is 12.7 Å². The van der Waals surface area contributed by atoms with Gasteiger partial charge < -0.3 is 0 Å². The lowest BCUT2D eigenvalue weighted by Gasteiger charge is -1.98. The number of carbonyl (C=O) groups excluding carboxylic acids is 1. The maximum atomic E-state index is 12.7. The van der Waals surface area contributed by atoms with Crippen molar-refractivity contribution >= 4 is 23.0 Å². The van der Waals surface area contributed by atoms with E-state index in [1.165, 1.54) is 30.9 Å². The molecule has 1 rings (SSSR count). The SMILES string of the molecule is CC(=O)SCC=Cc1ncc(F)cc1C. The first-order valence-electron chi connectivity index (χ1n) is 4.51. The molecule has 15 heavy (non-hydrogen) atoms. The van der Waals surface area contributed by atoms with Crippen molar-refractivity contribution in [2.75, 3.05) is 5.75 Å². The van der Waals surface area contributed by atoms with E-state index in [-0.39, 0.29) is 10.9 Å². The summed E-state index contributed by atoms with van der Waals surface area (Å²) in [6.45, 7) is 3.33. The normalized spacial score (nSPS) is 10.9. The van der Waals surface area contributed by atoms with E-state index in [9.17, 15) is 9.18 Å². The third-order valence-electron chi connectivity index (χ3n) is 1.74. The molecule has 1 aromatic heterocycles. The van der Waals surface area contributed by atoms with Gasteiger partial charge in [-0.1, -0.05) is 17.8 Å². The van der Waals surface area contributed by atoms with Crippen molar-refractivity contribution in [2.24, 2.45) is 0 Å². The Labute approximate surface area is 92.6 Å². The third kappa shape index (κ3) is 4.25. The van der Waals surface area contributed by atoms with Gasteiger partial charge in [-0.2, -0.15) is 0 Å². The zero-order valence-corrected chi connectivity index (χ0v) is 9.47. The molecule has 0 unspecified atom stereocenters. The van der Waals surface area contributed by atoms with Crippen LogP contribution in [0.15, 0.2) is 18.3 Å². The molecule has 2 nitrogen and oxygen atoms in total. The summed E-state index contributed by atoms with van der Waals surface area (Å²) in [4.78, 5) is 14.6. The molecule has 0 saturated heterocycles. The van der Waals surface area contributed by atoms with Crippen LogP contribution in [0.4, 0.5) is 4.39 Å². The van der Waals surface area contributed by atoms with E-state index in [0.29, 0.717) is 5.75 Å². The van der Waals surface area contributed by atoms with Gasteiger partial charge in [0.1, 0.15) is 5.82 Å². The quantitative estimate of drug-likeness (QED) is 0.792. The largest absolute Gasteiger partial charge is 0.288 e. The summed E-state index contributed by atoms with van der Waals surface area (Å²) in [5.41, 5.74) is 1.53. The fourth-order valence-corrected chi connectivity index (χ4v) is 1.48. The highest BCUT2D eigenvalue weighted by molar-refractivity contribution is 8.13. The van der Waals surface area contributed by atoms with Crippen molar-refractivity contribution in [3.05, 3.63) is 35.4 Å². The molecule has 0 amide bonds. The monoisotopic (exact) mass is 225 g/mol. The number of aromatic nitrogens is 1. The molecule has 0 bridgehead atoms. The number of hydrogen-bond acceptors (Lipinski definition) is 3. The molecule has 1 heterocycles. The predicted molar refractivity (Wildman–Crippen MR) is 61.1 cm³/mol. The minimum absolute atomic E-state index is 0.0865. The van der Waals surface area contributed by atoms with Gasteiger partial charge in [0.15, 0.2) is 5.12 Å². The fraction of sp³-hybridized carbons (Fsp3) is 0.273. The average Bonchev–Trinajstić information content (AvgIpc) is 2.14. The Balaban J connectivity index is 2.60. The number of rotatable bonds is 3. The zero-order valence-electron chi connectivity index (χ0n) is 8.66. The Bertz CT molecular complexity index is 390. The van der Waals surface area contributed by atoms with Crippen molar-refractivity contribution in [1.82, 2.24) is 4.98 Å².